The molecule has 4 amide bonds. The van der Waals surface area contributed by atoms with Gasteiger partial charge in [-0.2, -0.15) is 0 Å². The van der Waals surface area contributed by atoms with Gasteiger partial charge in [0.25, 0.3) is 0 Å². The van der Waals surface area contributed by atoms with Crippen molar-refractivity contribution >= 4 is 56.5 Å². The highest BCUT2D eigenvalue weighted by Crippen LogP contribution is 2.44. The number of aliphatic hydroxyl groups excluding tert-OH is 1. The van der Waals surface area contributed by atoms with Crippen molar-refractivity contribution in [1.29, 1.82) is 0 Å². The van der Waals surface area contributed by atoms with Crippen LogP contribution in [0.4, 0.5) is 0 Å². The molecule has 24 heteroatoms. The summed E-state index contributed by atoms with van der Waals surface area (Å²) in [5.74, 6) is -2.58. The number of Topliss-reactive ketones (excluding diaryl/α,β-unsaturated/α-hetero) is 1. The van der Waals surface area contributed by atoms with Crippen molar-refractivity contribution in [2.24, 2.45) is 0 Å². The van der Waals surface area contributed by atoms with Gasteiger partial charge in [0.2, 0.25) is 23.6 Å². The average molecular weight is 1570 g/mol. The van der Waals surface area contributed by atoms with Crippen molar-refractivity contribution in [2.75, 3.05) is 79.3 Å². The van der Waals surface area contributed by atoms with Crippen LogP contribution in [0.2, 0.25) is 0 Å². The first kappa shape index (κ1) is 104. The molecule has 0 saturated heterocycles. The fourth-order valence-corrected chi connectivity index (χ4v) is 14.1. The van der Waals surface area contributed by atoms with Crippen LogP contribution in [0.1, 0.15) is 363 Å². The van der Waals surface area contributed by atoms with E-state index in [4.69, 9.17) is 37.0 Å². The van der Waals surface area contributed by atoms with E-state index in [9.17, 15) is 47.8 Å². The molecule has 0 aromatic heterocycles. The summed E-state index contributed by atoms with van der Waals surface area (Å²) in [7, 11) is -7.53. The molecule has 6 unspecified atom stereocenters. The van der Waals surface area contributed by atoms with Crippen LogP contribution in [0.5, 0.6) is 0 Å². The first-order valence-electron chi connectivity index (χ1n) is 43.1. The van der Waals surface area contributed by atoms with Gasteiger partial charge in [-0.15, -0.1) is 0 Å². The van der Waals surface area contributed by atoms with E-state index in [1.54, 1.807) is 0 Å². The van der Waals surface area contributed by atoms with Gasteiger partial charge in [-0.3, -0.25) is 42.7 Å². The molecule has 22 nitrogen and oxygen atoms in total. The summed E-state index contributed by atoms with van der Waals surface area (Å²) in [6.45, 7) is 15.0. The van der Waals surface area contributed by atoms with E-state index >= 15 is 0 Å². The van der Waals surface area contributed by atoms with E-state index in [1.807, 2.05) is 0 Å². The van der Waals surface area contributed by atoms with Gasteiger partial charge < -0.3 is 63.4 Å². The molecule has 0 saturated carbocycles. The van der Waals surface area contributed by atoms with E-state index in [0.717, 1.165) is 148 Å². The van der Waals surface area contributed by atoms with E-state index in [0.29, 0.717) is 64.2 Å². The Morgan fingerprint density at radius 1 is 0.352 bits per heavy atom. The average Bonchev–Trinajstić information content (AvgIpc) is 0.911. The van der Waals surface area contributed by atoms with Crippen LogP contribution in [-0.2, 0) is 79.7 Å². The maximum Gasteiger partial charge on any atom is 0.327 e. The van der Waals surface area contributed by atoms with Crippen molar-refractivity contribution in [1.82, 2.24) is 21.3 Å². The Kier molecular flexibility index (Phi) is 71.9. The smallest absolute Gasteiger partial charge is 0.327 e. The largest absolute Gasteiger partial charge is 0.462 e. The third-order valence-electron chi connectivity index (χ3n) is 18.8. The molecule has 0 aliphatic rings. The Labute approximate surface area is 656 Å². The number of aliphatic hydroxyl groups is 1. The number of ether oxygens (including phenoxy) is 4. The number of carbonyl (C=O) groups excluding carboxylic acids is 7. The Morgan fingerprint density at radius 3 is 1.16 bits per heavy atom. The molecule has 108 heavy (non-hydrogen) atoms. The summed E-state index contributed by atoms with van der Waals surface area (Å²) in [6.07, 6.45) is 50.4. The first-order chi connectivity index (χ1) is 52.2. The number of ketones is 1. The number of hydrogen-bond acceptors (Lipinski definition) is 18. The van der Waals surface area contributed by atoms with Crippen LogP contribution in [0.15, 0.2) is 24.3 Å². The highest BCUT2D eigenvalue weighted by atomic mass is 31.2. The molecule has 0 aromatic carbocycles. The summed E-state index contributed by atoms with van der Waals surface area (Å²) in [6, 6.07) is -1.58. The van der Waals surface area contributed by atoms with Crippen LogP contribution in [0.3, 0.4) is 0 Å². The zero-order chi connectivity index (χ0) is 79.7. The van der Waals surface area contributed by atoms with E-state index < -0.39 is 57.2 Å². The van der Waals surface area contributed by atoms with Gasteiger partial charge in [0.1, 0.15) is 18.0 Å². The molecule has 0 heterocycles. The molecule has 0 fully saturated rings. The highest BCUT2D eigenvalue weighted by Gasteiger charge is 2.27. The van der Waals surface area contributed by atoms with Crippen LogP contribution in [0.25, 0.3) is 0 Å². The normalized spacial score (nSPS) is 14.2. The number of nitrogens with one attached hydrogen (secondary N) is 4. The standard InChI is InChI=1S/C84H158N4O18P2/c1-9-15-21-27-30-33-36-42-46-52-76(90)67-81(93)87-73(70-100-64-60-77(53-47-40-25-19-13-5)105-83(95)55-49-43-37-34-31-28-22-16-10-2)71-103-107(7,97)101-65-61-85-79(91)57-58-80(92)86-62-66-102-108(8,98)104-72-74(69-99-63-59-75(89)51-45-39-24-18-12-4)88-82(94)68-78(54-48-41-26-20-14-6)106-84(96)56-50-44-38-35-32-29-23-17-11-3/h34-35,37-38,73-75,77-78,89H,9-33,36,39-72H2,1-8H3,(H,85,91)(H,86,92)(H,87,93)(H,88,94)/b37-34-,38-35-/t73?,74?,75?,77?,78-,107?,108?/m1/s1. The van der Waals surface area contributed by atoms with Gasteiger partial charge in [0, 0.05) is 71.6 Å². The van der Waals surface area contributed by atoms with Gasteiger partial charge >= 0.3 is 27.1 Å². The van der Waals surface area contributed by atoms with Crippen molar-refractivity contribution < 1.29 is 84.8 Å². The lowest BCUT2D eigenvalue weighted by molar-refractivity contribution is -0.152. The Morgan fingerprint density at radius 2 is 0.713 bits per heavy atom. The fourth-order valence-electron chi connectivity index (χ4n) is 12.2. The molecular formula is C84H158N4O18P2. The van der Waals surface area contributed by atoms with Gasteiger partial charge in [0.05, 0.1) is 77.3 Å². The van der Waals surface area contributed by atoms with Gasteiger partial charge in [-0.05, 0) is 96.3 Å². The quantitative estimate of drug-likeness (QED) is 0.0124. The van der Waals surface area contributed by atoms with Gasteiger partial charge in [-0.25, -0.2) is 0 Å². The Bertz CT molecular complexity index is 2390. The lowest BCUT2D eigenvalue weighted by Crippen LogP contribution is -2.43. The van der Waals surface area contributed by atoms with Gasteiger partial charge in [0.15, 0.2) is 0 Å². The maximum atomic E-state index is 13.7. The second-order valence-corrected chi connectivity index (χ2v) is 33.8. The van der Waals surface area contributed by atoms with Crippen molar-refractivity contribution in [2.45, 2.75) is 393 Å². The summed E-state index contributed by atoms with van der Waals surface area (Å²) >= 11 is 0. The monoisotopic (exact) mass is 1570 g/mol. The van der Waals surface area contributed by atoms with Crippen LogP contribution >= 0.6 is 15.2 Å². The van der Waals surface area contributed by atoms with Crippen LogP contribution in [0, 0.1) is 0 Å². The number of amides is 4. The molecule has 0 aliphatic carbocycles. The van der Waals surface area contributed by atoms with Crippen LogP contribution in [-0.4, -0.2) is 156 Å². The molecular weight excluding hydrogens is 1410 g/mol. The second kappa shape index (κ2) is 74.6. The van der Waals surface area contributed by atoms with Crippen molar-refractivity contribution in [3.8, 4) is 0 Å². The van der Waals surface area contributed by atoms with E-state index in [2.05, 4.69) is 87.1 Å². The number of carbonyl (C=O) groups is 7. The number of rotatable bonds is 81. The minimum absolute atomic E-state index is 0.0142. The zero-order valence-corrected chi connectivity index (χ0v) is 71.2. The number of unbranched alkanes of at least 4 members (excludes halogenated alkanes) is 30. The summed E-state index contributed by atoms with van der Waals surface area (Å²) < 4.78 is 73.8. The molecule has 0 aromatic rings. The summed E-state index contributed by atoms with van der Waals surface area (Å²) in [5.41, 5.74) is 0. The minimum Gasteiger partial charge on any atom is -0.462 e. The fraction of sp³-hybridized carbons (Fsp3) is 0.869. The molecule has 0 bridgehead atoms. The summed E-state index contributed by atoms with van der Waals surface area (Å²) in [5, 5.41) is 21.7. The summed E-state index contributed by atoms with van der Waals surface area (Å²) in [4.78, 5) is 91.7. The SMILES string of the molecule is CCCCCC/C=C\CCCC(=O)OC(CCCCCCC)CCOCC(COP(C)(=O)OCCNC(=O)CCC(=O)NCCOP(C)(=O)OCC(COCCC(O)CCCCCCC)NC(=O)C[C@@H](CCCCCCC)OC(=O)CCC/C=C\CCCCCC)NC(=O)CC(=O)CCCCCCCCCCC. The highest BCUT2D eigenvalue weighted by molar-refractivity contribution is 7.53. The predicted molar refractivity (Wildman–Crippen MR) is 436 cm³/mol. The second-order valence-electron chi connectivity index (χ2n) is 29.7. The molecule has 0 aliphatic heterocycles. The number of allylic oxidation sites excluding steroid dienone is 4. The number of hydrogen-bond donors (Lipinski definition) is 5. The van der Waals surface area contributed by atoms with Crippen molar-refractivity contribution in [3.05, 3.63) is 24.3 Å². The minimum atomic E-state index is -3.77. The zero-order valence-electron chi connectivity index (χ0n) is 69.4. The lowest BCUT2D eigenvalue weighted by Gasteiger charge is -2.23. The molecule has 7 atom stereocenters. The third kappa shape index (κ3) is 71.2. The van der Waals surface area contributed by atoms with Crippen LogP contribution < -0.4 is 21.3 Å². The lowest BCUT2D eigenvalue weighted by atomic mass is 10.0. The molecule has 5 N–H and O–H groups in total. The van der Waals surface area contributed by atoms with E-state index in [-0.39, 0.29) is 128 Å². The molecule has 0 spiro atoms. The third-order valence-corrected chi connectivity index (χ3v) is 21.3. The molecule has 0 radical (unpaired) electrons. The van der Waals surface area contributed by atoms with Crippen molar-refractivity contribution in [3.63, 3.8) is 0 Å². The Hall–Kier alpha value is -3.85. The van der Waals surface area contributed by atoms with E-state index in [1.165, 1.54) is 90.4 Å². The molecule has 632 valence electrons. The topological polar surface area (TPSA) is 296 Å². The maximum absolute atomic E-state index is 13.7. The number of esters is 2. The predicted octanol–water partition coefficient (Wildman–Crippen LogP) is 19.4. The Balaban J connectivity index is 5.57. The van der Waals surface area contributed by atoms with Gasteiger partial charge in [-0.1, -0.05) is 239 Å². The molecule has 0 rings (SSSR count). The first-order valence-corrected chi connectivity index (χ1v) is 47.1.